The van der Waals surface area contributed by atoms with E-state index in [1.807, 2.05) is 24.3 Å². The SMILES string of the molecule is CCCc1nc(C(C)(C)O)c(CCC)n1-c1ccc(-c2ccccc2C#N)cc1. The first-order valence-corrected chi connectivity index (χ1v) is 10.3. The Morgan fingerprint density at radius 2 is 1.66 bits per heavy atom. The zero-order valence-corrected chi connectivity index (χ0v) is 17.7. The van der Waals surface area contributed by atoms with Crippen LogP contribution in [0.5, 0.6) is 0 Å². The number of rotatable bonds is 7. The molecule has 3 aromatic rings. The maximum absolute atomic E-state index is 10.7. The highest BCUT2D eigenvalue weighted by molar-refractivity contribution is 5.71. The van der Waals surface area contributed by atoms with Crippen LogP contribution in [0.4, 0.5) is 0 Å². The van der Waals surface area contributed by atoms with Crippen LogP contribution in [0.25, 0.3) is 16.8 Å². The summed E-state index contributed by atoms with van der Waals surface area (Å²) >= 11 is 0. The average molecular weight is 388 g/mol. The summed E-state index contributed by atoms with van der Waals surface area (Å²) in [7, 11) is 0. The van der Waals surface area contributed by atoms with Crippen LogP contribution >= 0.6 is 0 Å². The molecular weight excluding hydrogens is 358 g/mol. The lowest BCUT2D eigenvalue weighted by atomic mass is 9.99. The maximum Gasteiger partial charge on any atom is 0.113 e. The topological polar surface area (TPSA) is 61.8 Å². The molecule has 0 amide bonds. The Morgan fingerprint density at radius 3 is 2.24 bits per heavy atom. The highest BCUT2D eigenvalue weighted by Crippen LogP contribution is 2.30. The molecular formula is C25H29N3O. The summed E-state index contributed by atoms with van der Waals surface area (Å²) in [5.74, 6) is 0.984. The Bertz CT molecular complexity index is 1020. The van der Waals surface area contributed by atoms with Crippen LogP contribution in [0.1, 0.15) is 63.3 Å². The summed E-state index contributed by atoms with van der Waals surface area (Å²) in [6.45, 7) is 7.89. The molecule has 0 bridgehead atoms. The third kappa shape index (κ3) is 4.26. The molecule has 0 spiro atoms. The molecule has 3 rings (SSSR count). The normalized spacial score (nSPS) is 11.4. The second-order valence-electron chi connectivity index (χ2n) is 7.92. The molecule has 0 radical (unpaired) electrons. The molecule has 4 nitrogen and oxygen atoms in total. The fourth-order valence-electron chi connectivity index (χ4n) is 3.78. The molecule has 0 aliphatic carbocycles. The number of hydrogen-bond acceptors (Lipinski definition) is 3. The molecule has 0 atom stereocenters. The second-order valence-corrected chi connectivity index (χ2v) is 7.92. The highest BCUT2D eigenvalue weighted by atomic mass is 16.3. The number of aryl methyl sites for hydroxylation is 1. The lowest BCUT2D eigenvalue weighted by molar-refractivity contribution is 0.0730. The van der Waals surface area contributed by atoms with Gasteiger partial charge in [0.1, 0.15) is 11.4 Å². The lowest BCUT2D eigenvalue weighted by Crippen LogP contribution is -2.19. The monoisotopic (exact) mass is 387 g/mol. The van der Waals surface area contributed by atoms with Gasteiger partial charge in [-0.15, -0.1) is 0 Å². The Hall–Kier alpha value is -2.90. The first-order valence-electron chi connectivity index (χ1n) is 10.3. The maximum atomic E-state index is 10.7. The van der Waals surface area contributed by atoms with Crippen molar-refractivity contribution in [2.24, 2.45) is 0 Å². The lowest BCUT2D eigenvalue weighted by Gasteiger charge is -2.18. The molecule has 0 unspecified atom stereocenters. The molecule has 1 heterocycles. The Balaban J connectivity index is 2.12. The van der Waals surface area contributed by atoms with Crippen LogP contribution < -0.4 is 0 Å². The van der Waals surface area contributed by atoms with Gasteiger partial charge in [-0.05, 0) is 56.0 Å². The van der Waals surface area contributed by atoms with Crippen molar-refractivity contribution in [2.75, 3.05) is 0 Å². The van der Waals surface area contributed by atoms with E-state index in [1.54, 1.807) is 13.8 Å². The number of hydrogen-bond donors (Lipinski definition) is 1. The molecule has 29 heavy (non-hydrogen) atoms. The van der Waals surface area contributed by atoms with Gasteiger partial charge in [0, 0.05) is 17.8 Å². The first kappa shape index (κ1) is 20.8. The van der Waals surface area contributed by atoms with Gasteiger partial charge in [-0.1, -0.05) is 50.6 Å². The van der Waals surface area contributed by atoms with Crippen molar-refractivity contribution in [3.63, 3.8) is 0 Å². The third-order valence-electron chi connectivity index (χ3n) is 5.07. The van der Waals surface area contributed by atoms with Crippen molar-refractivity contribution in [2.45, 2.75) is 59.0 Å². The minimum absolute atomic E-state index is 0.672. The fraction of sp³-hybridized carbons (Fsp3) is 0.360. The molecule has 0 aliphatic rings. The van der Waals surface area contributed by atoms with Crippen molar-refractivity contribution in [3.8, 4) is 22.9 Å². The van der Waals surface area contributed by atoms with Crippen LogP contribution in [-0.4, -0.2) is 14.7 Å². The molecule has 0 aliphatic heterocycles. The molecule has 150 valence electrons. The van der Waals surface area contributed by atoms with Gasteiger partial charge >= 0.3 is 0 Å². The molecule has 1 N–H and O–H groups in total. The fourth-order valence-corrected chi connectivity index (χ4v) is 3.78. The molecule has 0 fully saturated rings. The summed E-state index contributed by atoms with van der Waals surface area (Å²) in [6.07, 6.45) is 3.68. The van der Waals surface area contributed by atoms with Crippen molar-refractivity contribution < 1.29 is 5.11 Å². The van der Waals surface area contributed by atoms with Crippen molar-refractivity contribution in [1.29, 1.82) is 5.26 Å². The zero-order chi connectivity index (χ0) is 21.0. The van der Waals surface area contributed by atoms with Crippen molar-refractivity contribution in [3.05, 3.63) is 71.3 Å². The van der Waals surface area contributed by atoms with E-state index in [2.05, 4.69) is 48.7 Å². The largest absolute Gasteiger partial charge is 0.384 e. The molecule has 2 aromatic carbocycles. The quantitative estimate of drug-likeness (QED) is 0.579. The molecule has 0 saturated heterocycles. The summed E-state index contributed by atoms with van der Waals surface area (Å²) in [6, 6.07) is 18.2. The zero-order valence-electron chi connectivity index (χ0n) is 17.7. The van der Waals surface area contributed by atoms with Gasteiger partial charge in [0.05, 0.1) is 17.3 Å². The number of benzene rings is 2. The van der Waals surface area contributed by atoms with E-state index in [4.69, 9.17) is 4.98 Å². The Labute approximate surface area is 173 Å². The summed E-state index contributed by atoms with van der Waals surface area (Å²) in [5.41, 5.74) is 4.53. The number of aromatic nitrogens is 2. The molecule has 4 heteroatoms. The van der Waals surface area contributed by atoms with Gasteiger partial charge in [0.25, 0.3) is 0 Å². The predicted molar refractivity (Wildman–Crippen MR) is 117 cm³/mol. The summed E-state index contributed by atoms with van der Waals surface area (Å²) in [4.78, 5) is 4.84. The van der Waals surface area contributed by atoms with Crippen LogP contribution in [-0.2, 0) is 18.4 Å². The van der Waals surface area contributed by atoms with Gasteiger partial charge < -0.3 is 9.67 Å². The second kappa shape index (κ2) is 8.63. The number of imidazole rings is 1. The van der Waals surface area contributed by atoms with Crippen LogP contribution in [0.15, 0.2) is 48.5 Å². The van der Waals surface area contributed by atoms with E-state index in [0.29, 0.717) is 5.56 Å². The first-order chi connectivity index (χ1) is 13.9. The number of aliphatic hydroxyl groups is 1. The van der Waals surface area contributed by atoms with Gasteiger partial charge in [-0.2, -0.15) is 5.26 Å². The highest BCUT2D eigenvalue weighted by Gasteiger charge is 2.27. The Morgan fingerprint density at radius 1 is 1.00 bits per heavy atom. The average Bonchev–Trinajstić information content (AvgIpc) is 3.07. The number of nitriles is 1. The van der Waals surface area contributed by atoms with Gasteiger partial charge in [0.15, 0.2) is 0 Å². The van der Waals surface area contributed by atoms with Crippen molar-refractivity contribution >= 4 is 0 Å². The van der Waals surface area contributed by atoms with Gasteiger partial charge in [0.2, 0.25) is 0 Å². The summed E-state index contributed by atoms with van der Waals surface area (Å²) < 4.78 is 2.21. The van der Waals surface area contributed by atoms with E-state index >= 15 is 0 Å². The minimum Gasteiger partial charge on any atom is -0.384 e. The Kier molecular flexibility index (Phi) is 6.20. The smallest absolute Gasteiger partial charge is 0.113 e. The van der Waals surface area contributed by atoms with Crippen molar-refractivity contribution in [1.82, 2.24) is 9.55 Å². The van der Waals surface area contributed by atoms with E-state index < -0.39 is 5.60 Å². The van der Waals surface area contributed by atoms with E-state index in [0.717, 1.165) is 59.7 Å². The van der Waals surface area contributed by atoms with Gasteiger partial charge in [-0.3, -0.25) is 0 Å². The van der Waals surface area contributed by atoms with Crippen LogP contribution in [0, 0.1) is 11.3 Å². The van der Waals surface area contributed by atoms with E-state index in [-0.39, 0.29) is 0 Å². The minimum atomic E-state index is -0.982. The standard InChI is InChI=1S/C25H29N3O/c1-5-9-22-24(25(3,4)29)27-23(10-6-2)28(22)20-15-13-18(14-16-20)21-12-8-7-11-19(21)17-26/h7-8,11-16,29H,5-6,9-10H2,1-4H3. The third-order valence-corrected chi connectivity index (χ3v) is 5.07. The van der Waals surface area contributed by atoms with E-state index in [1.165, 1.54) is 0 Å². The summed E-state index contributed by atoms with van der Waals surface area (Å²) in [5, 5.41) is 20.1. The van der Waals surface area contributed by atoms with Crippen LogP contribution in [0.2, 0.25) is 0 Å². The molecule has 1 aromatic heterocycles. The van der Waals surface area contributed by atoms with Crippen LogP contribution in [0.3, 0.4) is 0 Å². The van der Waals surface area contributed by atoms with E-state index in [9.17, 15) is 10.4 Å². The number of nitrogens with zero attached hydrogens (tertiary/aromatic N) is 3. The molecule has 0 saturated carbocycles. The van der Waals surface area contributed by atoms with Gasteiger partial charge in [-0.25, -0.2) is 4.98 Å². The predicted octanol–water partition coefficient (Wildman–Crippen LogP) is 5.54.